The molecule has 112 valence electrons. The largest absolute Gasteiger partial charge is 0.329 e. The fourth-order valence-electron chi connectivity index (χ4n) is 4.45. The van der Waals surface area contributed by atoms with Crippen LogP contribution in [0.15, 0.2) is 0 Å². The third-order valence-electron chi connectivity index (χ3n) is 5.90. The van der Waals surface area contributed by atoms with Crippen LogP contribution in [0.4, 0.5) is 0 Å². The molecule has 1 aliphatic carbocycles. The highest BCUT2D eigenvalue weighted by atomic mass is 15.2. The first kappa shape index (κ1) is 15.3. The number of nitrogens with zero attached hydrogens (tertiary/aromatic N) is 2. The molecular formula is C16H33N3. The zero-order chi connectivity index (χ0) is 13.9. The predicted octanol–water partition coefficient (Wildman–Crippen LogP) is 2.17. The van der Waals surface area contributed by atoms with Crippen LogP contribution in [0.25, 0.3) is 0 Å². The highest BCUT2D eigenvalue weighted by Gasteiger charge is 2.44. The smallest absolute Gasteiger partial charge is 0.0356 e. The Morgan fingerprint density at radius 3 is 2.53 bits per heavy atom. The van der Waals surface area contributed by atoms with Crippen LogP contribution in [0, 0.1) is 11.8 Å². The van der Waals surface area contributed by atoms with Crippen LogP contribution in [0.5, 0.6) is 0 Å². The molecule has 0 aromatic rings. The van der Waals surface area contributed by atoms with Gasteiger partial charge >= 0.3 is 0 Å². The maximum absolute atomic E-state index is 6.21. The highest BCUT2D eigenvalue weighted by Crippen LogP contribution is 2.41. The molecule has 0 radical (unpaired) electrons. The molecule has 0 bridgehead atoms. The van der Waals surface area contributed by atoms with E-state index in [1.54, 1.807) is 0 Å². The second-order valence-electron chi connectivity index (χ2n) is 6.93. The predicted molar refractivity (Wildman–Crippen MR) is 82.3 cm³/mol. The van der Waals surface area contributed by atoms with Gasteiger partial charge in [-0.25, -0.2) is 0 Å². The minimum atomic E-state index is 0.304. The van der Waals surface area contributed by atoms with Crippen molar-refractivity contribution >= 4 is 0 Å². The number of likely N-dealkylation sites (N-methyl/N-ethyl adjacent to an activating group) is 1. The van der Waals surface area contributed by atoms with Crippen molar-refractivity contribution in [3.63, 3.8) is 0 Å². The van der Waals surface area contributed by atoms with Gasteiger partial charge in [-0.15, -0.1) is 0 Å². The van der Waals surface area contributed by atoms with E-state index >= 15 is 0 Å². The average molecular weight is 267 g/mol. The Hall–Kier alpha value is -0.120. The molecule has 2 aliphatic rings. The van der Waals surface area contributed by atoms with Crippen molar-refractivity contribution in [2.45, 2.75) is 51.0 Å². The van der Waals surface area contributed by atoms with Crippen molar-refractivity contribution in [3.05, 3.63) is 0 Å². The van der Waals surface area contributed by atoms with E-state index in [1.807, 2.05) is 0 Å². The van der Waals surface area contributed by atoms with Crippen molar-refractivity contribution in [1.82, 2.24) is 9.80 Å². The minimum Gasteiger partial charge on any atom is -0.329 e. The molecule has 3 heteroatoms. The van der Waals surface area contributed by atoms with E-state index in [9.17, 15) is 0 Å². The maximum atomic E-state index is 6.21. The standard InChI is InChI=1S/C16H33N3/c1-4-15-6-5-9-16(15,13-17)19(3)12-14-7-10-18(2)11-8-14/h14-15H,4-13,17H2,1-3H3. The van der Waals surface area contributed by atoms with Gasteiger partial charge in [0.05, 0.1) is 0 Å². The Bertz CT molecular complexity index is 273. The number of likely N-dealkylation sites (tertiary alicyclic amines) is 1. The van der Waals surface area contributed by atoms with Gasteiger partial charge in [0.25, 0.3) is 0 Å². The van der Waals surface area contributed by atoms with Gasteiger partial charge in [0.2, 0.25) is 0 Å². The maximum Gasteiger partial charge on any atom is 0.0356 e. The van der Waals surface area contributed by atoms with E-state index in [0.717, 1.165) is 18.4 Å². The summed E-state index contributed by atoms with van der Waals surface area (Å²) in [7, 11) is 4.57. The summed E-state index contributed by atoms with van der Waals surface area (Å²) in [6.45, 7) is 6.97. The fraction of sp³-hybridized carbons (Fsp3) is 1.00. The van der Waals surface area contributed by atoms with Crippen molar-refractivity contribution in [3.8, 4) is 0 Å². The number of rotatable bonds is 5. The molecule has 0 aromatic heterocycles. The van der Waals surface area contributed by atoms with Crippen LogP contribution in [0.1, 0.15) is 45.4 Å². The third kappa shape index (κ3) is 3.14. The molecule has 0 amide bonds. The molecular weight excluding hydrogens is 234 g/mol. The summed E-state index contributed by atoms with van der Waals surface area (Å²) in [6, 6.07) is 0. The zero-order valence-corrected chi connectivity index (χ0v) is 13.2. The quantitative estimate of drug-likeness (QED) is 0.828. The lowest BCUT2D eigenvalue weighted by atomic mass is 9.82. The summed E-state index contributed by atoms with van der Waals surface area (Å²) < 4.78 is 0. The lowest BCUT2D eigenvalue weighted by molar-refractivity contribution is 0.0539. The van der Waals surface area contributed by atoms with Gasteiger partial charge in [-0.1, -0.05) is 19.8 Å². The Morgan fingerprint density at radius 1 is 1.26 bits per heavy atom. The van der Waals surface area contributed by atoms with E-state index in [-0.39, 0.29) is 0 Å². The number of piperidine rings is 1. The van der Waals surface area contributed by atoms with E-state index < -0.39 is 0 Å². The first-order valence-corrected chi connectivity index (χ1v) is 8.22. The molecule has 1 saturated carbocycles. The Kier molecular flexibility index (Phi) is 5.27. The van der Waals surface area contributed by atoms with Gasteiger partial charge in [0.1, 0.15) is 0 Å². The molecule has 1 saturated heterocycles. The first-order valence-electron chi connectivity index (χ1n) is 8.22. The zero-order valence-electron chi connectivity index (χ0n) is 13.2. The van der Waals surface area contributed by atoms with Crippen LogP contribution in [0.2, 0.25) is 0 Å². The summed E-state index contributed by atoms with van der Waals surface area (Å²) >= 11 is 0. The molecule has 2 unspecified atom stereocenters. The van der Waals surface area contributed by atoms with Crippen LogP contribution in [-0.4, -0.2) is 55.6 Å². The Morgan fingerprint density at radius 2 is 1.95 bits per heavy atom. The van der Waals surface area contributed by atoms with E-state index in [0.29, 0.717) is 5.54 Å². The monoisotopic (exact) mass is 267 g/mol. The molecule has 1 heterocycles. The van der Waals surface area contributed by atoms with Gasteiger partial charge in [-0.3, -0.25) is 4.90 Å². The van der Waals surface area contributed by atoms with Crippen molar-refractivity contribution < 1.29 is 0 Å². The summed E-state index contributed by atoms with van der Waals surface area (Å²) in [5.41, 5.74) is 6.52. The first-order chi connectivity index (χ1) is 9.12. The normalized spacial score (nSPS) is 34.3. The SMILES string of the molecule is CCC1CCCC1(CN)N(C)CC1CCN(C)CC1. The summed E-state index contributed by atoms with van der Waals surface area (Å²) in [5.74, 6) is 1.69. The van der Waals surface area contributed by atoms with Crippen LogP contribution < -0.4 is 5.73 Å². The van der Waals surface area contributed by atoms with E-state index in [4.69, 9.17) is 5.73 Å². The fourth-order valence-corrected chi connectivity index (χ4v) is 4.45. The average Bonchev–Trinajstić information content (AvgIpc) is 2.85. The van der Waals surface area contributed by atoms with Crippen LogP contribution >= 0.6 is 0 Å². The molecule has 2 rings (SSSR count). The third-order valence-corrected chi connectivity index (χ3v) is 5.90. The van der Waals surface area contributed by atoms with Gasteiger partial charge in [0.15, 0.2) is 0 Å². The van der Waals surface area contributed by atoms with Crippen molar-refractivity contribution in [2.24, 2.45) is 17.6 Å². The Labute approximate surface area is 119 Å². The van der Waals surface area contributed by atoms with Gasteiger partial charge < -0.3 is 10.6 Å². The summed E-state index contributed by atoms with van der Waals surface area (Å²) in [5, 5.41) is 0. The summed E-state index contributed by atoms with van der Waals surface area (Å²) in [6.07, 6.45) is 8.07. The van der Waals surface area contributed by atoms with E-state index in [1.165, 1.54) is 58.2 Å². The molecule has 2 atom stereocenters. The number of nitrogens with two attached hydrogens (primary N) is 1. The lowest BCUT2D eigenvalue weighted by Gasteiger charge is -2.45. The van der Waals surface area contributed by atoms with Gasteiger partial charge in [0, 0.05) is 18.6 Å². The molecule has 2 fully saturated rings. The molecule has 0 spiro atoms. The highest BCUT2D eigenvalue weighted by molar-refractivity contribution is 5.00. The molecule has 19 heavy (non-hydrogen) atoms. The molecule has 0 aromatic carbocycles. The second kappa shape index (κ2) is 6.55. The van der Waals surface area contributed by atoms with Crippen LogP contribution in [0.3, 0.4) is 0 Å². The topological polar surface area (TPSA) is 32.5 Å². The molecule has 2 N–H and O–H groups in total. The minimum absolute atomic E-state index is 0.304. The Balaban J connectivity index is 1.95. The van der Waals surface area contributed by atoms with Crippen LogP contribution in [-0.2, 0) is 0 Å². The lowest BCUT2D eigenvalue weighted by Crippen LogP contribution is -2.56. The van der Waals surface area contributed by atoms with E-state index in [2.05, 4.69) is 30.8 Å². The number of hydrogen-bond acceptors (Lipinski definition) is 3. The number of hydrogen-bond donors (Lipinski definition) is 1. The van der Waals surface area contributed by atoms with Crippen molar-refractivity contribution in [2.75, 3.05) is 40.3 Å². The second-order valence-corrected chi connectivity index (χ2v) is 6.93. The van der Waals surface area contributed by atoms with Crippen molar-refractivity contribution in [1.29, 1.82) is 0 Å². The van der Waals surface area contributed by atoms with Gasteiger partial charge in [-0.2, -0.15) is 0 Å². The molecule has 3 nitrogen and oxygen atoms in total. The molecule has 1 aliphatic heterocycles. The van der Waals surface area contributed by atoms with Gasteiger partial charge in [-0.05, 0) is 64.7 Å². The summed E-state index contributed by atoms with van der Waals surface area (Å²) in [4.78, 5) is 5.10.